The Hall–Kier alpha value is -1.26. The summed E-state index contributed by atoms with van der Waals surface area (Å²) in [6, 6.07) is 2.64. The first-order valence-electron chi connectivity index (χ1n) is 6.49. The largest absolute Gasteiger partial charge is 0.462 e. The standard InChI is InChI=1S/C15H18Cl2O4/c1-5-20-13(18)9-6-11(16)12(17)7-10(9)14(19)21-8-15(2,3)4/h6-7H,5,8H2,1-4H3. The third-order valence-corrected chi connectivity index (χ3v) is 3.13. The van der Waals surface area contributed by atoms with Crippen LogP contribution in [0, 0.1) is 5.41 Å². The van der Waals surface area contributed by atoms with E-state index in [4.69, 9.17) is 32.7 Å². The Kier molecular flexibility index (Phi) is 6.05. The molecule has 0 bridgehead atoms. The summed E-state index contributed by atoms with van der Waals surface area (Å²) in [6.07, 6.45) is 0. The molecule has 0 aliphatic rings. The van der Waals surface area contributed by atoms with Crippen molar-refractivity contribution >= 4 is 35.1 Å². The molecule has 0 aromatic heterocycles. The molecule has 0 aliphatic heterocycles. The number of halogens is 2. The first-order valence-corrected chi connectivity index (χ1v) is 7.24. The van der Waals surface area contributed by atoms with E-state index in [1.165, 1.54) is 12.1 Å². The highest BCUT2D eigenvalue weighted by Crippen LogP contribution is 2.27. The van der Waals surface area contributed by atoms with Gasteiger partial charge in [0.1, 0.15) is 0 Å². The quantitative estimate of drug-likeness (QED) is 0.768. The molecule has 0 saturated heterocycles. The number of carbonyl (C=O) groups is 2. The van der Waals surface area contributed by atoms with E-state index in [-0.39, 0.29) is 39.8 Å². The molecule has 0 saturated carbocycles. The van der Waals surface area contributed by atoms with Crippen LogP contribution < -0.4 is 0 Å². The fraction of sp³-hybridized carbons (Fsp3) is 0.467. The van der Waals surface area contributed by atoms with Crippen LogP contribution in [0.3, 0.4) is 0 Å². The Morgan fingerprint density at radius 2 is 1.43 bits per heavy atom. The van der Waals surface area contributed by atoms with Crippen LogP contribution in [0.25, 0.3) is 0 Å². The minimum Gasteiger partial charge on any atom is -0.462 e. The first kappa shape index (κ1) is 17.8. The number of benzene rings is 1. The van der Waals surface area contributed by atoms with Gasteiger partial charge in [-0.2, -0.15) is 0 Å². The van der Waals surface area contributed by atoms with Crippen molar-refractivity contribution in [3.8, 4) is 0 Å². The van der Waals surface area contributed by atoms with Crippen LogP contribution >= 0.6 is 23.2 Å². The van der Waals surface area contributed by atoms with Crippen molar-refractivity contribution in [2.24, 2.45) is 5.41 Å². The highest BCUT2D eigenvalue weighted by Gasteiger charge is 2.23. The van der Waals surface area contributed by atoms with Crippen molar-refractivity contribution in [1.29, 1.82) is 0 Å². The second kappa shape index (κ2) is 7.14. The van der Waals surface area contributed by atoms with Crippen molar-refractivity contribution in [3.63, 3.8) is 0 Å². The van der Waals surface area contributed by atoms with Crippen molar-refractivity contribution < 1.29 is 19.1 Å². The summed E-state index contributed by atoms with van der Waals surface area (Å²) in [7, 11) is 0. The first-order chi connectivity index (χ1) is 9.65. The van der Waals surface area contributed by atoms with E-state index in [0.29, 0.717) is 0 Å². The van der Waals surface area contributed by atoms with E-state index < -0.39 is 11.9 Å². The van der Waals surface area contributed by atoms with Gasteiger partial charge in [0.25, 0.3) is 0 Å². The van der Waals surface area contributed by atoms with E-state index >= 15 is 0 Å². The molecular formula is C15H18Cl2O4. The SMILES string of the molecule is CCOC(=O)c1cc(Cl)c(Cl)cc1C(=O)OCC(C)(C)C. The zero-order valence-electron chi connectivity index (χ0n) is 12.5. The Labute approximate surface area is 134 Å². The number of hydrogen-bond donors (Lipinski definition) is 0. The predicted octanol–water partition coefficient (Wildman–Crippen LogP) is 4.37. The van der Waals surface area contributed by atoms with E-state index in [1.54, 1.807) is 6.92 Å². The molecule has 0 atom stereocenters. The van der Waals surface area contributed by atoms with Crippen LogP contribution in [0.15, 0.2) is 12.1 Å². The second-order valence-corrected chi connectivity index (χ2v) is 6.48. The molecule has 0 amide bonds. The van der Waals surface area contributed by atoms with Gasteiger partial charge in [0.05, 0.1) is 34.4 Å². The lowest BCUT2D eigenvalue weighted by Gasteiger charge is -2.18. The summed E-state index contributed by atoms with van der Waals surface area (Å²) in [5.74, 6) is -1.27. The maximum atomic E-state index is 12.2. The van der Waals surface area contributed by atoms with Crippen molar-refractivity contribution in [1.82, 2.24) is 0 Å². The molecule has 0 unspecified atom stereocenters. The number of hydrogen-bond acceptors (Lipinski definition) is 4. The van der Waals surface area contributed by atoms with E-state index in [2.05, 4.69) is 0 Å². The van der Waals surface area contributed by atoms with Gasteiger partial charge in [0.2, 0.25) is 0 Å². The number of ether oxygens (including phenoxy) is 2. The third kappa shape index (κ3) is 5.21. The topological polar surface area (TPSA) is 52.6 Å². The van der Waals surface area contributed by atoms with Crippen molar-refractivity contribution in [2.75, 3.05) is 13.2 Å². The second-order valence-electron chi connectivity index (χ2n) is 5.67. The number of carbonyl (C=O) groups excluding carboxylic acids is 2. The molecular weight excluding hydrogens is 315 g/mol. The van der Waals surface area contributed by atoms with Crippen LogP contribution in [0.1, 0.15) is 48.4 Å². The monoisotopic (exact) mass is 332 g/mol. The fourth-order valence-electron chi connectivity index (χ4n) is 1.45. The van der Waals surface area contributed by atoms with Crippen LogP contribution in [-0.4, -0.2) is 25.2 Å². The van der Waals surface area contributed by atoms with Gasteiger partial charge in [-0.05, 0) is 24.5 Å². The Bertz CT molecular complexity index is 547. The van der Waals surface area contributed by atoms with Crippen LogP contribution in [0.2, 0.25) is 10.0 Å². The van der Waals surface area contributed by atoms with Gasteiger partial charge in [0, 0.05) is 0 Å². The normalized spacial score (nSPS) is 11.1. The minimum absolute atomic E-state index is 0.0464. The van der Waals surface area contributed by atoms with E-state index in [1.807, 2.05) is 20.8 Å². The summed E-state index contributed by atoms with van der Waals surface area (Å²) in [4.78, 5) is 24.1. The van der Waals surface area contributed by atoms with E-state index in [0.717, 1.165) is 0 Å². The predicted molar refractivity (Wildman–Crippen MR) is 82.2 cm³/mol. The molecule has 0 spiro atoms. The summed E-state index contributed by atoms with van der Waals surface area (Å²) in [5, 5.41) is 0.347. The summed E-state index contributed by atoms with van der Waals surface area (Å²) < 4.78 is 10.1. The van der Waals surface area contributed by atoms with Gasteiger partial charge >= 0.3 is 11.9 Å². The number of esters is 2. The summed E-state index contributed by atoms with van der Waals surface area (Å²) >= 11 is 11.8. The van der Waals surface area contributed by atoms with Gasteiger partial charge < -0.3 is 9.47 Å². The van der Waals surface area contributed by atoms with Crippen molar-refractivity contribution in [3.05, 3.63) is 33.3 Å². The lowest BCUT2D eigenvalue weighted by atomic mass is 9.98. The highest BCUT2D eigenvalue weighted by atomic mass is 35.5. The molecule has 1 aromatic carbocycles. The molecule has 0 heterocycles. The molecule has 0 radical (unpaired) electrons. The fourth-order valence-corrected chi connectivity index (χ4v) is 1.78. The van der Waals surface area contributed by atoms with Gasteiger partial charge in [-0.15, -0.1) is 0 Å². The third-order valence-electron chi connectivity index (χ3n) is 2.41. The van der Waals surface area contributed by atoms with Gasteiger partial charge in [-0.25, -0.2) is 9.59 Å². The molecule has 1 aromatic rings. The molecule has 1 rings (SSSR count). The Morgan fingerprint density at radius 3 is 1.81 bits per heavy atom. The van der Waals surface area contributed by atoms with Gasteiger partial charge in [0.15, 0.2) is 0 Å². The summed E-state index contributed by atoms with van der Waals surface area (Å²) in [6.45, 7) is 7.88. The molecule has 0 fully saturated rings. The molecule has 4 nitrogen and oxygen atoms in total. The molecule has 21 heavy (non-hydrogen) atoms. The van der Waals surface area contributed by atoms with Crippen LogP contribution in [-0.2, 0) is 9.47 Å². The van der Waals surface area contributed by atoms with Crippen LogP contribution in [0.5, 0.6) is 0 Å². The van der Waals surface area contributed by atoms with Crippen molar-refractivity contribution in [2.45, 2.75) is 27.7 Å². The molecule has 6 heteroatoms. The molecule has 0 aliphatic carbocycles. The highest BCUT2D eigenvalue weighted by molar-refractivity contribution is 6.42. The zero-order valence-corrected chi connectivity index (χ0v) is 14.0. The minimum atomic E-state index is -0.640. The summed E-state index contributed by atoms with van der Waals surface area (Å²) in [5.41, 5.74) is -0.0899. The average Bonchev–Trinajstić information content (AvgIpc) is 2.38. The maximum absolute atomic E-state index is 12.2. The van der Waals surface area contributed by atoms with Gasteiger partial charge in [-0.3, -0.25) is 0 Å². The van der Waals surface area contributed by atoms with Crippen LogP contribution in [0.4, 0.5) is 0 Å². The lowest BCUT2D eigenvalue weighted by molar-refractivity contribution is 0.0355. The Balaban J connectivity index is 3.11. The maximum Gasteiger partial charge on any atom is 0.339 e. The molecule has 0 N–H and O–H groups in total. The molecule has 116 valence electrons. The smallest absolute Gasteiger partial charge is 0.339 e. The van der Waals surface area contributed by atoms with E-state index in [9.17, 15) is 9.59 Å². The average molecular weight is 333 g/mol. The lowest BCUT2D eigenvalue weighted by Crippen LogP contribution is -2.20. The van der Waals surface area contributed by atoms with Gasteiger partial charge in [-0.1, -0.05) is 44.0 Å². The zero-order chi connectivity index (χ0) is 16.2. The number of rotatable bonds is 4. The Morgan fingerprint density at radius 1 is 1.00 bits per heavy atom.